The Balaban J connectivity index is 1.47. The molecule has 2 amide bonds. The van der Waals surface area contributed by atoms with Crippen molar-refractivity contribution in [3.8, 4) is 11.5 Å². The Morgan fingerprint density at radius 1 is 1.05 bits per heavy atom. The molecule has 3 aromatic carbocycles. The summed E-state index contributed by atoms with van der Waals surface area (Å²) < 4.78 is 12.0. The van der Waals surface area contributed by atoms with Crippen LogP contribution in [-0.4, -0.2) is 35.6 Å². The standard InChI is InChI=1S/C29H28N2O4S3/c1-5-34-25-14-20(10-12-24(25)35-17-27(32)30-21-11-9-18(2)19(3)13-21)15-26-28(33)31(29(36)38-26)22-7-6-8-23(16-22)37-4/h6-16H,5,17H2,1-4H3,(H,30,32)/b26-15+. The Kier molecular flexibility index (Phi) is 9.14. The van der Waals surface area contributed by atoms with Gasteiger partial charge in [-0.1, -0.05) is 42.2 Å². The Hall–Kier alpha value is -3.27. The lowest BCUT2D eigenvalue weighted by molar-refractivity contribution is -0.118. The number of nitrogens with zero attached hydrogens (tertiary/aromatic N) is 1. The first-order valence-electron chi connectivity index (χ1n) is 12.0. The van der Waals surface area contributed by atoms with E-state index >= 15 is 0 Å². The predicted octanol–water partition coefficient (Wildman–Crippen LogP) is 6.85. The molecule has 1 saturated heterocycles. The van der Waals surface area contributed by atoms with Crippen LogP contribution in [0.3, 0.4) is 0 Å². The zero-order chi connectivity index (χ0) is 27.2. The van der Waals surface area contributed by atoms with E-state index in [1.807, 2.05) is 75.6 Å². The third-order valence-corrected chi connectivity index (χ3v) is 7.85. The molecule has 3 aromatic rings. The number of benzene rings is 3. The summed E-state index contributed by atoms with van der Waals surface area (Å²) in [6.07, 6.45) is 3.78. The van der Waals surface area contributed by atoms with Gasteiger partial charge in [0.2, 0.25) is 0 Å². The molecule has 38 heavy (non-hydrogen) atoms. The van der Waals surface area contributed by atoms with Crippen LogP contribution in [0.5, 0.6) is 11.5 Å². The van der Waals surface area contributed by atoms with Crippen molar-refractivity contribution < 1.29 is 19.1 Å². The number of thioether (sulfide) groups is 2. The lowest BCUT2D eigenvalue weighted by Crippen LogP contribution is -2.27. The van der Waals surface area contributed by atoms with Gasteiger partial charge in [-0.25, -0.2) is 0 Å². The lowest BCUT2D eigenvalue weighted by Gasteiger charge is -2.15. The van der Waals surface area contributed by atoms with Crippen molar-refractivity contribution in [2.24, 2.45) is 0 Å². The van der Waals surface area contributed by atoms with Crippen molar-refractivity contribution >= 4 is 69.3 Å². The molecule has 1 N–H and O–H groups in total. The molecule has 9 heteroatoms. The van der Waals surface area contributed by atoms with Gasteiger partial charge in [0.05, 0.1) is 17.2 Å². The molecular formula is C29H28N2O4S3. The number of hydrogen-bond donors (Lipinski definition) is 1. The van der Waals surface area contributed by atoms with Crippen LogP contribution in [0.15, 0.2) is 70.5 Å². The highest BCUT2D eigenvalue weighted by Gasteiger charge is 2.33. The first-order valence-corrected chi connectivity index (χ1v) is 14.4. The van der Waals surface area contributed by atoms with Crippen molar-refractivity contribution in [3.05, 3.63) is 82.3 Å². The molecule has 0 radical (unpaired) electrons. The summed E-state index contributed by atoms with van der Waals surface area (Å²) in [5, 5.41) is 2.85. The fraction of sp³-hybridized carbons (Fsp3) is 0.207. The number of anilines is 2. The second kappa shape index (κ2) is 12.5. The normalized spacial score (nSPS) is 14.2. The van der Waals surface area contributed by atoms with E-state index in [4.69, 9.17) is 21.7 Å². The van der Waals surface area contributed by atoms with Gasteiger partial charge in [-0.05, 0) is 92.3 Å². The summed E-state index contributed by atoms with van der Waals surface area (Å²) in [5.41, 5.74) is 4.50. The second-order valence-corrected chi connectivity index (χ2v) is 11.0. The third kappa shape index (κ3) is 6.59. The molecule has 1 fully saturated rings. The minimum atomic E-state index is -0.269. The van der Waals surface area contributed by atoms with E-state index in [1.165, 1.54) is 11.8 Å². The van der Waals surface area contributed by atoms with Crippen LogP contribution < -0.4 is 19.7 Å². The number of amides is 2. The van der Waals surface area contributed by atoms with Gasteiger partial charge in [-0.15, -0.1) is 11.8 Å². The number of ether oxygens (including phenoxy) is 2. The molecule has 1 aliphatic heterocycles. The minimum absolute atomic E-state index is 0.167. The fourth-order valence-electron chi connectivity index (χ4n) is 3.75. The highest BCUT2D eigenvalue weighted by molar-refractivity contribution is 8.27. The predicted molar refractivity (Wildman–Crippen MR) is 162 cm³/mol. The number of rotatable bonds is 9. The number of carbonyl (C=O) groups excluding carboxylic acids is 2. The smallest absolute Gasteiger partial charge is 0.270 e. The van der Waals surface area contributed by atoms with Crippen LogP contribution in [0.1, 0.15) is 23.6 Å². The van der Waals surface area contributed by atoms with Crippen LogP contribution >= 0.6 is 35.7 Å². The Morgan fingerprint density at radius 3 is 2.61 bits per heavy atom. The monoisotopic (exact) mass is 564 g/mol. The van der Waals surface area contributed by atoms with Crippen molar-refractivity contribution in [2.45, 2.75) is 25.7 Å². The Labute approximate surface area is 236 Å². The molecule has 196 valence electrons. The third-order valence-electron chi connectivity index (χ3n) is 5.82. The summed E-state index contributed by atoms with van der Waals surface area (Å²) >= 11 is 8.39. The van der Waals surface area contributed by atoms with Crippen molar-refractivity contribution in [3.63, 3.8) is 0 Å². The highest BCUT2D eigenvalue weighted by Crippen LogP contribution is 2.38. The molecule has 0 atom stereocenters. The summed E-state index contributed by atoms with van der Waals surface area (Å²) in [6.45, 7) is 6.15. The van der Waals surface area contributed by atoms with Gasteiger partial charge >= 0.3 is 0 Å². The second-order valence-electron chi connectivity index (χ2n) is 8.49. The van der Waals surface area contributed by atoms with Gasteiger partial charge in [-0.3, -0.25) is 14.5 Å². The molecule has 0 bridgehead atoms. The number of carbonyl (C=O) groups is 2. The molecule has 1 heterocycles. The molecule has 6 nitrogen and oxygen atoms in total. The molecule has 0 saturated carbocycles. The first-order chi connectivity index (χ1) is 18.3. The van der Waals surface area contributed by atoms with Crippen LogP contribution in [0.25, 0.3) is 6.08 Å². The summed E-state index contributed by atoms with van der Waals surface area (Å²) in [5.74, 6) is 0.498. The van der Waals surface area contributed by atoms with Crippen molar-refractivity contribution in [2.75, 3.05) is 29.7 Å². The minimum Gasteiger partial charge on any atom is -0.490 e. The SMILES string of the molecule is CCOc1cc(/C=C2/SC(=S)N(c3cccc(SC)c3)C2=O)ccc1OCC(=O)Nc1ccc(C)c(C)c1. The molecule has 0 aliphatic carbocycles. The van der Waals surface area contributed by atoms with Gasteiger partial charge < -0.3 is 14.8 Å². The lowest BCUT2D eigenvalue weighted by atomic mass is 10.1. The Morgan fingerprint density at radius 2 is 1.87 bits per heavy atom. The maximum atomic E-state index is 13.2. The van der Waals surface area contributed by atoms with Crippen molar-refractivity contribution in [1.82, 2.24) is 0 Å². The largest absolute Gasteiger partial charge is 0.490 e. The highest BCUT2D eigenvalue weighted by atomic mass is 32.2. The summed E-state index contributed by atoms with van der Waals surface area (Å²) in [6, 6.07) is 18.8. The summed E-state index contributed by atoms with van der Waals surface area (Å²) in [4.78, 5) is 28.8. The Bertz CT molecular complexity index is 1420. The maximum Gasteiger partial charge on any atom is 0.270 e. The zero-order valence-electron chi connectivity index (χ0n) is 21.6. The maximum absolute atomic E-state index is 13.2. The molecule has 0 aromatic heterocycles. The average molecular weight is 565 g/mol. The number of nitrogens with one attached hydrogen (secondary N) is 1. The van der Waals surface area contributed by atoms with Gasteiger partial charge in [0.1, 0.15) is 0 Å². The van der Waals surface area contributed by atoms with E-state index in [9.17, 15) is 9.59 Å². The quantitative estimate of drug-likeness (QED) is 0.173. The van der Waals surface area contributed by atoms with Crippen molar-refractivity contribution in [1.29, 1.82) is 0 Å². The average Bonchev–Trinajstić information content (AvgIpc) is 3.18. The van der Waals surface area contributed by atoms with Crippen LogP contribution in [-0.2, 0) is 9.59 Å². The van der Waals surface area contributed by atoms with Gasteiger partial charge in [0.25, 0.3) is 11.8 Å². The summed E-state index contributed by atoms with van der Waals surface area (Å²) in [7, 11) is 0. The molecular weight excluding hydrogens is 537 g/mol. The van der Waals surface area contributed by atoms with E-state index in [1.54, 1.807) is 34.9 Å². The van der Waals surface area contributed by atoms with Crippen LogP contribution in [0.2, 0.25) is 0 Å². The van der Waals surface area contributed by atoms with E-state index in [2.05, 4.69) is 5.32 Å². The van der Waals surface area contributed by atoms with Gasteiger partial charge in [-0.2, -0.15) is 0 Å². The van der Waals surface area contributed by atoms with Crippen LogP contribution in [0, 0.1) is 13.8 Å². The van der Waals surface area contributed by atoms with E-state index < -0.39 is 0 Å². The zero-order valence-corrected chi connectivity index (χ0v) is 24.0. The fourth-order valence-corrected chi connectivity index (χ4v) is 5.51. The van der Waals surface area contributed by atoms with Crippen LogP contribution in [0.4, 0.5) is 11.4 Å². The first kappa shape index (κ1) is 27.8. The number of aryl methyl sites for hydroxylation is 2. The molecule has 0 unspecified atom stereocenters. The van der Waals surface area contributed by atoms with E-state index in [-0.39, 0.29) is 18.4 Å². The molecule has 1 aliphatic rings. The molecule has 4 rings (SSSR count). The van der Waals surface area contributed by atoms with E-state index in [0.29, 0.717) is 27.3 Å². The van der Waals surface area contributed by atoms with E-state index in [0.717, 1.165) is 33.0 Å². The van der Waals surface area contributed by atoms with Gasteiger partial charge in [0, 0.05) is 10.6 Å². The van der Waals surface area contributed by atoms with Gasteiger partial charge in [0.15, 0.2) is 22.4 Å². The topological polar surface area (TPSA) is 67.9 Å². The molecule has 0 spiro atoms. The number of thiocarbonyl (C=S) groups is 1. The number of hydrogen-bond acceptors (Lipinski definition) is 7.